The molecule has 0 fully saturated rings. The van der Waals surface area contributed by atoms with E-state index in [-0.39, 0.29) is 11.2 Å². The second kappa shape index (κ2) is 5.55. The van der Waals surface area contributed by atoms with E-state index in [9.17, 15) is 14.7 Å². The van der Waals surface area contributed by atoms with Crippen LogP contribution in [0.3, 0.4) is 0 Å². The van der Waals surface area contributed by atoms with Crippen LogP contribution in [0.25, 0.3) is 22.2 Å². The van der Waals surface area contributed by atoms with E-state index < -0.39 is 6.10 Å². The molecule has 0 aliphatic carbocycles. The van der Waals surface area contributed by atoms with E-state index in [0.717, 1.165) is 15.8 Å². The smallest absolute Gasteiger partial charge is 0.330 e. The van der Waals surface area contributed by atoms with Crippen molar-refractivity contribution in [2.75, 3.05) is 0 Å². The summed E-state index contributed by atoms with van der Waals surface area (Å²) in [6.45, 7) is 2.03. The van der Waals surface area contributed by atoms with Crippen LogP contribution in [0.15, 0.2) is 46.1 Å². The highest BCUT2D eigenvalue weighted by Gasteiger charge is 2.19. The highest BCUT2D eigenvalue weighted by Crippen LogP contribution is 2.28. The Hall–Kier alpha value is -2.60. The van der Waals surface area contributed by atoms with Gasteiger partial charge >= 0.3 is 5.69 Å². The minimum Gasteiger partial charge on any atom is -0.392 e. The quantitative estimate of drug-likeness (QED) is 0.787. The lowest BCUT2D eigenvalue weighted by Crippen LogP contribution is -2.36. The van der Waals surface area contributed by atoms with Gasteiger partial charge in [-0.1, -0.05) is 30.3 Å². The summed E-state index contributed by atoms with van der Waals surface area (Å²) in [6, 6.07) is 9.53. The van der Waals surface area contributed by atoms with Crippen LogP contribution in [0, 0.1) is 0 Å². The number of nitrogens with zero attached hydrogens (tertiary/aromatic N) is 3. The molecule has 0 aliphatic heterocycles. The van der Waals surface area contributed by atoms with Gasteiger partial charge in [0.15, 0.2) is 0 Å². The van der Waals surface area contributed by atoms with Gasteiger partial charge in [0, 0.05) is 26.8 Å². The van der Waals surface area contributed by atoms with Gasteiger partial charge in [-0.25, -0.2) is 4.79 Å². The van der Waals surface area contributed by atoms with Crippen molar-refractivity contribution in [3.63, 3.8) is 0 Å². The average molecular weight is 313 g/mol. The molecular formula is C17H19N3O3. The molecule has 0 aliphatic rings. The number of fused-ring (bicyclic) bond motifs is 1. The Morgan fingerprint density at radius 3 is 2.35 bits per heavy atom. The van der Waals surface area contributed by atoms with Gasteiger partial charge in [-0.2, -0.15) is 0 Å². The Kier molecular flexibility index (Phi) is 3.69. The monoisotopic (exact) mass is 313 g/mol. The topological polar surface area (TPSA) is 69.2 Å². The Balaban J connectivity index is 2.49. The van der Waals surface area contributed by atoms with Gasteiger partial charge in [-0.05, 0) is 12.5 Å². The molecule has 1 atom stereocenters. The minimum absolute atomic E-state index is 0.328. The number of aliphatic hydroxyl groups excluding tert-OH is 1. The maximum Gasteiger partial charge on any atom is 0.330 e. The molecule has 2 heterocycles. The molecule has 0 saturated carbocycles. The predicted octanol–water partition coefficient (Wildman–Crippen LogP) is 1.09. The minimum atomic E-state index is -0.569. The number of benzene rings is 1. The molecule has 6 heteroatoms. The van der Waals surface area contributed by atoms with E-state index in [0.29, 0.717) is 17.4 Å². The zero-order valence-electron chi connectivity index (χ0n) is 13.4. The lowest BCUT2D eigenvalue weighted by Gasteiger charge is -2.11. The Morgan fingerprint density at radius 2 is 1.74 bits per heavy atom. The molecule has 0 amide bonds. The van der Waals surface area contributed by atoms with Crippen molar-refractivity contribution in [3.05, 3.63) is 57.4 Å². The first-order chi connectivity index (χ1) is 10.9. The first-order valence-corrected chi connectivity index (χ1v) is 7.44. The first-order valence-electron chi connectivity index (χ1n) is 7.44. The SMILES string of the molecule is C[C@H](O)Cn1cc2c(c1-c1ccccc1)c(=O)n(C)c(=O)n2C. The van der Waals surface area contributed by atoms with Crippen LogP contribution < -0.4 is 11.2 Å². The molecule has 1 N–H and O–H groups in total. The number of aliphatic hydroxyl groups is 1. The third-order valence-corrected chi connectivity index (χ3v) is 4.02. The van der Waals surface area contributed by atoms with Gasteiger partial charge in [0.25, 0.3) is 5.56 Å². The molecule has 6 nitrogen and oxygen atoms in total. The first kappa shape index (κ1) is 15.3. The van der Waals surface area contributed by atoms with Crippen LogP contribution in [0.2, 0.25) is 0 Å². The molecule has 2 aromatic heterocycles. The second-order valence-corrected chi connectivity index (χ2v) is 5.81. The van der Waals surface area contributed by atoms with E-state index in [2.05, 4.69) is 0 Å². The highest BCUT2D eigenvalue weighted by molar-refractivity contribution is 5.93. The fraction of sp³-hybridized carbons (Fsp3) is 0.294. The van der Waals surface area contributed by atoms with Gasteiger partial charge in [0.05, 0.1) is 22.7 Å². The summed E-state index contributed by atoms with van der Waals surface area (Å²) in [7, 11) is 3.12. The van der Waals surface area contributed by atoms with Crippen LogP contribution in [-0.4, -0.2) is 24.9 Å². The Bertz CT molecular complexity index is 978. The van der Waals surface area contributed by atoms with Crippen molar-refractivity contribution < 1.29 is 5.11 Å². The number of aryl methyl sites for hydroxylation is 1. The normalized spacial score (nSPS) is 12.7. The zero-order chi connectivity index (χ0) is 16.7. The summed E-state index contributed by atoms with van der Waals surface area (Å²) in [5.74, 6) is 0. The molecule has 0 spiro atoms. The van der Waals surface area contributed by atoms with E-state index in [1.54, 1.807) is 20.2 Å². The van der Waals surface area contributed by atoms with Gasteiger partial charge in [-0.3, -0.25) is 13.9 Å². The fourth-order valence-electron chi connectivity index (χ4n) is 2.92. The fourth-order valence-corrected chi connectivity index (χ4v) is 2.92. The summed E-state index contributed by atoms with van der Waals surface area (Å²) in [4.78, 5) is 24.8. The van der Waals surface area contributed by atoms with Crippen LogP contribution in [-0.2, 0) is 20.6 Å². The lowest BCUT2D eigenvalue weighted by atomic mass is 10.1. The van der Waals surface area contributed by atoms with Crippen molar-refractivity contribution in [2.45, 2.75) is 19.6 Å². The molecule has 0 saturated heterocycles. The molecular weight excluding hydrogens is 294 g/mol. The van der Waals surface area contributed by atoms with Crippen molar-refractivity contribution >= 4 is 10.9 Å². The van der Waals surface area contributed by atoms with Crippen LogP contribution in [0.1, 0.15) is 6.92 Å². The molecule has 0 unspecified atom stereocenters. The lowest BCUT2D eigenvalue weighted by molar-refractivity contribution is 0.174. The number of rotatable bonds is 3. The molecule has 0 radical (unpaired) electrons. The van der Waals surface area contributed by atoms with Gasteiger partial charge in [-0.15, -0.1) is 0 Å². The van der Waals surface area contributed by atoms with Gasteiger partial charge in [0.2, 0.25) is 0 Å². The van der Waals surface area contributed by atoms with Crippen LogP contribution in [0.5, 0.6) is 0 Å². The summed E-state index contributed by atoms with van der Waals surface area (Å²) in [6.07, 6.45) is 1.19. The Labute approximate surface area is 132 Å². The van der Waals surface area contributed by atoms with Crippen molar-refractivity contribution in [1.82, 2.24) is 13.7 Å². The summed E-state index contributed by atoms with van der Waals surface area (Å²) in [5.41, 5.74) is 1.47. The van der Waals surface area contributed by atoms with E-state index in [4.69, 9.17) is 0 Å². The van der Waals surface area contributed by atoms with Crippen LogP contribution >= 0.6 is 0 Å². The number of hydrogen-bond donors (Lipinski definition) is 1. The van der Waals surface area contributed by atoms with Crippen molar-refractivity contribution in [1.29, 1.82) is 0 Å². The van der Waals surface area contributed by atoms with Crippen LogP contribution in [0.4, 0.5) is 0 Å². The standard InChI is InChI=1S/C17H19N3O3/c1-11(21)9-20-10-13-14(15(20)12-7-5-4-6-8-12)16(22)19(3)17(23)18(13)2/h4-8,10-11,21H,9H2,1-3H3/t11-/m0/s1. The second-order valence-electron chi connectivity index (χ2n) is 5.81. The maximum atomic E-state index is 12.7. The van der Waals surface area contributed by atoms with Gasteiger partial charge in [0.1, 0.15) is 0 Å². The Morgan fingerprint density at radius 1 is 1.09 bits per heavy atom. The van der Waals surface area contributed by atoms with E-state index in [1.165, 1.54) is 11.6 Å². The molecule has 1 aromatic carbocycles. The zero-order valence-corrected chi connectivity index (χ0v) is 13.4. The van der Waals surface area contributed by atoms with Crippen molar-refractivity contribution in [2.24, 2.45) is 14.1 Å². The maximum absolute atomic E-state index is 12.7. The largest absolute Gasteiger partial charge is 0.392 e. The van der Waals surface area contributed by atoms with E-state index in [1.807, 2.05) is 34.9 Å². The van der Waals surface area contributed by atoms with E-state index >= 15 is 0 Å². The average Bonchev–Trinajstić information content (AvgIpc) is 2.90. The van der Waals surface area contributed by atoms with Gasteiger partial charge < -0.3 is 9.67 Å². The third-order valence-electron chi connectivity index (χ3n) is 4.02. The highest BCUT2D eigenvalue weighted by atomic mass is 16.3. The number of aromatic nitrogens is 3. The number of hydrogen-bond acceptors (Lipinski definition) is 3. The summed E-state index contributed by atoms with van der Waals surface area (Å²) < 4.78 is 4.41. The summed E-state index contributed by atoms with van der Waals surface area (Å²) >= 11 is 0. The molecule has 3 rings (SSSR count). The summed E-state index contributed by atoms with van der Waals surface area (Å²) in [5, 5.41) is 10.3. The predicted molar refractivity (Wildman–Crippen MR) is 89.5 cm³/mol. The molecule has 120 valence electrons. The molecule has 3 aromatic rings. The van der Waals surface area contributed by atoms with Crippen molar-refractivity contribution in [3.8, 4) is 11.3 Å². The third kappa shape index (κ3) is 2.41. The molecule has 23 heavy (non-hydrogen) atoms. The molecule has 0 bridgehead atoms.